The van der Waals surface area contributed by atoms with Gasteiger partial charge in [0.25, 0.3) is 5.91 Å². The van der Waals surface area contributed by atoms with Gasteiger partial charge in [0.15, 0.2) is 5.58 Å². The minimum Gasteiger partial charge on any atom is -0.462 e. The third-order valence-corrected chi connectivity index (χ3v) is 5.15. The van der Waals surface area contributed by atoms with Crippen LogP contribution < -0.4 is 10.2 Å². The molecule has 1 atom stereocenters. The number of hydrogen-bond donors (Lipinski definition) is 1. The summed E-state index contributed by atoms with van der Waals surface area (Å²) in [5, 5.41) is 2.99. The van der Waals surface area contributed by atoms with Crippen LogP contribution in [0.2, 0.25) is 0 Å². The van der Waals surface area contributed by atoms with Gasteiger partial charge in [-0.05, 0) is 49.5 Å². The molecule has 0 unspecified atom stereocenters. The van der Waals surface area contributed by atoms with Crippen LogP contribution in [0.5, 0.6) is 0 Å². The molecule has 0 radical (unpaired) electrons. The lowest BCUT2D eigenvalue weighted by Crippen LogP contribution is -2.35. The van der Waals surface area contributed by atoms with E-state index in [1.54, 1.807) is 30.8 Å². The van der Waals surface area contributed by atoms with Gasteiger partial charge in [-0.2, -0.15) is 0 Å². The molecule has 28 heavy (non-hydrogen) atoms. The standard InChI is InChI=1S/C22H24N4O2/c1-14(2)16-13-28-20-7-6-17(24-21(16)20)22(27)25-18-11-23-9-8-19(18)26-10-4-5-15(3)12-26/h6-9,11,13,15H,1,4-5,10,12H2,2-3H3,(H,25,27)/t15-/m0/s1. The summed E-state index contributed by atoms with van der Waals surface area (Å²) < 4.78 is 5.50. The molecule has 0 aliphatic carbocycles. The normalized spacial score (nSPS) is 16.9. The van der Waals surface area contributed by atoms with Crippen LogP contribution in [0.4, 0.5) is 11.4 Å². The van der Waals surface area contributed by atoms with Gasteiger partial charge in [0.05, 0.1) is 17.6 Å². The number of nitrogens with one attached hydrogen (secondary N) is 1. The molecule has 6 nitrogen and oxygen atoms in total. The van der Waals surface area contributed by atoms with E-state index in [-0.39, 0.29) is 5.91 Å². The quantitative estimate of drug-likeness (QED) is 0.712. The van der Waals surface area contributed by atoms with E-state index >= 15 is 0 Å². The zero-order valence-electron chi connectivity index (χ0n) is 16.2. The van der Waals surface area contributed by atoms with Crippen LogP contribution in [-0.2, 0) is 0 Å². The Labute approximate surface area is 164 Å². The summed E-state index contributed by atoms with van der Waals surface area (Å²) in [6, 6.07) is 5.39. The maximum absolute atomic E-state index is 12.9. The number of hydrogen-bond acceptors (Lipinski definition) is 5. The maximum Gasteiger partial charge on any atom is 0.274 e. The number of pyridine rings is 2. The zero-order valence-corrected chi connectivity index (χ0v) is 16.2. The summed E-state index contributed by atoms with van der Waals surface area (Å²) in [4.78, 5) is 23.9. The number of amides is 1. The van der Waals surface area contributed by atoms with E-state index in [0.29, 0.717) is 28.4 Å². The summed E-state index contributed by atoms with van der Waals surface area (Å²) in [6.07, 6.45) is 7.47. The predicted octanol–water partition coefficient (Wildman–Crippen LogP) is 4.74. The molecule has 0 bridgehead atoms. The van der Waals surface area contributed by atoms with E-state index in [0.717, 1.165) is 36.3 Å². The van der Waals surface area contributed by atoms with E-state index in [4.69, 9.17) is 4.42 Å². The molecule has 0 aromatic carbocycles. The van der Waals surface area contributed by atoms with Crippen molar-refractivity contribution in [1.82, 2.24) is 9.97 Å². The Hall–Kier alpha value is -3.15. The number of rotatable bonds is 4. The molecule has 1 saturated heterocycles. The fourth-order valence-corrected chi connectivity index (χ4v) is 3.70. The Bertz CT molecular complexity index is 1040. The Morgan fingerprint density at radius 1 is 1.36 bits per heavy atom. The predicted molar refractivity (Wildman–Crippen MR) is 112 cm³/mol. The van der Waals surface area contributed by atoms with Crippen molar-refractivity contribution in [1.29, 1.82) is 0 Å². The fraction of sp³-hybridized carbons (Fsp3) is 0.318. The topological polar surface area (TPSA) is 71.3 Å². The second-order valence-electron chi connectivity index (χ2n) is 7.51. The number of carbonyl (C=O) groups is 1. The highest BCUT2D eigenvalue weighted by Gasteiger charge is 2.21. The Balaban J connectivity index is 1.61. The molecule has 0 spiro atoms. The molecule has 0 saturated carbocycles. The Kier molecular flexibility index (Phi) is 4.86. The minimum atomic E-state index is -0.268. The molecule has 1 aliphatic rings. The monoisotopic (exact) mass is 376 g/mol. The average molecular weight is 376 g/mol. The summed E-state index contributed by atoms with van der Waals surface area (Å²) in [7, 11) is 0. The van der Waals surface area contributed by atoms with E-state index in [1.165, 1.54) is 6.42 Å². The van der Waals surface area contributed by atoms with Crippen molar-refractivity contribution in [2.45, 2.75) is 26.7 Å². The summed E-state index contributed by atoms with van der Waals surface area (Å²) >= 11 is 0. The molecule has 1 N–H and O–H groups in total. The van der Waals surface area contributed by atoms with Gasteiger partial charge in [-0.1, -0.05) is 13.5 Å². The van der Waals surface area contributed by atoms with Gasteiger partial charge >= 0.3 is 0 Å². The van der Waals surface area contributed by atoms with Crippen LogP contribution >= 0.6 is 0 Å². The van der Waals surface area contributed by atoms with Gasteiger partial charge in [-0.3, -0.25) is 9.78 Å². The maximum atomic E-state index is 12.9. The van der Waals surface area contributed by atoms with Crippen LogP contribution in [0.3, 0.4) is 0 Å². The first-order chi connectivity index (χ1) is 13.5. The van der Waals surface area contributed by atoms with Crippen molar-refractivity contribution >= 4 is 34.0 Å². The number of aromatic nitrogens is 2. The second kappa shape index (κ2) is 7.46. The van der Waals surface area contributed by atoms with Gasteiger partial charge in [0.1, 0.15) is 17.5 Å². The highest BCUT2D eigenvalue weighted by atomic mass is 16.3. The van der Waals surface area contributed by atoms with Crippen molar-refractivity contribution in [2.75, 3.05) is 23.3 Å². The number of furan rings is 1. The van der Waals surface area contributed by atoms with Crippen LogP contribution in [0.15, 0.2) is 47.9 Å². The minimum absolute atomic E-state index is 0.268. The summed E-state index contributed by atoms with van der Waals surface area (Å²) in [6.45, 7) is 10.1. The van der Waals surface area contributed by atoms with Crippen molar-refractivity contribution in [3.63, 3.8) is 0 Å². The molecule has 4 heterocycles. The lowest BCUT2D eigenvalue weighted by Gasteiger charge is -2.33. The third kappa shape index (κ3) is 3.50. The number of piperidine rings is 1. The number of allylic oxidation sites excluding steroid dienone is 1. The third-order valence-electron chi connectivity index (χ3n) is 5.15. The molecule has 1 fully saturated rings. The molecule has 3 aromatic heterocycles. The zero-order chi connectivity index (χ0) is 19.7. The number of fused-ring (bicyclic) bond motifs is 1. The Morgan fingerprint density at radius 2 is 2.21 bits per heavy atom. The molecular weight excluding hydrogens is 352 g/mol. The SMILES string of the molecule is C=C(C)c1coc2ccc(C(=O)Nc3cnccc3N3CCC[C@H](C)C3)nc12. The van der Waals surface area contributed by atoms with Gasteiger partial charge < -0.3 is 14.6 Å². The summed E-state index contributed by atoms with van der Waals surface area (Å²) in [5.74, 6) is 0.367. The van der Waals surface area contributed by atoms with E-state index in [2.05, 4.69) is 33.7 Å². The number of nitrogens with zero attached hydrogens (tertiary/aromatic N) is 3. The molecule has 144 valence electrons. The van der Waals surface area contributed by atoms with E-state index < -0.39 is 0 Å². The summed E-state index contributed by atoms with van der Waals surface area (Å²) in [5.41, 5.74) is 4.98. The molecule has 4 rings (SSSR count). The highest BCUT2D eigenvalue weighted by molar-refractivity contribution is 6.05. The van der Waals surface area contributed by atoms with Crippen LogP contribution in [0, 0.1) is 5.92 Å². The van der Waals surface area contributed by atoms with Crippen LogP contribution in [0.25, 0.3) is 16.7 Å². The fourth-order valence-electron chi connectivity index (χ4n) is 3.70. The average Bonchev–Trinajstić information content (AvgIpc) is 3.12. The first-order valence-electron chi connectivity index (χ1n) is 9.57. The van der Waals surface area contributed by atoms with Crippen molar-refractivity contribution in [3.8, 4) is 0 Å². The van der Waals surface area contributed by atoms with Gasteiger partial charge in [0.2, 0.25) is 0 Å². The van der Waals surface area contributed by atoms with E-state index in [9.17, 15) is 4.79 Å². The van der Waals surface area contributed by atoms with Crippen molar-refractivity contribution < 1.29 is 9.21 Å². The van der Waals surface area contributed by atoms with Crippen molar-refractivity contribution in [3.05, 3.63) is 54.7 Å². The molecule has 3 aromatic rings. The second-order valence-corrected chi connectivity index (χ2v) is 7.51. The number of anilines is 2. The smallest absolute Gasteiger partial charge is 0.274 e. The largest absolute Gasteiger partial charge is 0.462 e. The van der Waals surface area contributed by atoms with Gasteiger partial charge in [-0.25, -0.2) is 4.98 Å². The van der Waals surface area contributed by atoms with E-state index in [1.807, 2.05) is 13.0 Å². The van der Waals surface area contributed by atoms with Gasteiger partial charge in [0, 0.05) is 24.8 Å². The molecule has 1 aliphatic heterocycles. The number of carbonyl (C=O) groups excluding carboxylic acids is 1. The lowest BCUT2D eigenvalue weighted by molar-refractivity contribution is 0.102. The molecule has 6 heteroatoms. The highest BCUT2D eigenvalue weighted by Crippen LogP contribution is 2.30. The van der Waals surface area contributed by atoms with Gasteiger partial charge in [-0.15, -0.1) is 0 Å². The molecule has 1 amide bonds. The Morgan fingerprint density at radius 3 is 3.00 bits per heavy atom. The lowest BCUT2D eigenvalue weighted by atomic mass is 10.00. The first-order valence-corrected chi connectivity index (χ1v) is 9.57. The van der Waals surface area contributed by atoms with Crippen molar-refractivity contribution in [2.24, 2.45) is 5.92 Å². The molecular formula is C22H24N4O2. The first kappa shape index (κ1) is 18.2. The van der Waals surface area contributed by atoms with Crippen LogP contribution in [-0.4, -0.2) is 29.0 Å². The van der Waals surface area contributed by atoms with Crippen LogP contribution in [0.1, 0.15) is 42.7 Å².